The van der Waals surface area contributed by atoms with Crippen LogP contribution in [-0.4, -0.2) is 85.6 Å². The molecule has 5 rings (SSSR count). The van der Waals surface area contributed by atoms with Gasteiger partial charge < -0.3 is 26.4 Å². The fourth-order valence-electron chi connectivity index (χ4n) is 3.76. The van der Waals surface area contributed by atoms with Gasteiger partial charge in [0.1, 0.15) is 12.2 Å². The summed E-state index contributed by atoms with van der Waals surface area (Å²) in [7, 11) is 1.22. The molecule has 5 aromatic heterocycles. The third-order valence-electron chi connectivity index (χ3n) is 5.84. The molecule has 5 heterocycles. The molecule has 21 nitrogen and oxygen atoms in total. The van der Waals surface area contributed by atoms with Gasteiger partial charge in [-0.1, -0.05) is 0 Å². The number of aromatic amines is 2. The molecule has 0 radical (unpaired) electrons. The molecule has 0 aliphatic rings. The van der Waals surface area contributed by atoms with Crippen LogP contribution in [0.4, 0.5) is 34.6 Å². The number of aromatic nitrogens is 10. The quantitative estimate of drug-likeness (QED) is 0.0807. The van der Waals surface area contributed by atoms with E-state index in [-0.39, 0.29) is 57.4 Å². The monoisotopic (exact) mass is 590 g/mol. The summed E-state index contributed by atoms with van der Waals surface area (Å²) in [5.41, 5.74) is 13.6. The van der Waals surface area contributed by atoms with Gasteiger partial charge in [0, 0.05) is 6.07 Å². The molecule has 0 saturated carbocycles. The molecule has 0 aliphatic carbocycles. The highest BCUT2D eigenvalue weighted by Gasteiger charge is 2.21. The largest absolute Gasteiger partial charge is 0.479 e. The number of nitrogen functional groups attached to an aromatic ring is 2. The van der Waals surface area contributed by atoms with Crippen LogP contribution >= 0.6 is 0 Å². The number of hydrogen-bond acceptors (Lipinski definition) is 17. The van der Waals surface area contributed by atoms with Crippen LogP contribution in [-0.2, 0) is 4.74 Å². The van der Waals surface area contributed by atoms with E-state index in [1.54, 1.807) is 13.8 Å². The van der Waals surface area contributed by atoms with Crippen molar-refractivity contribution in [1.29, 1.82) is 0 Å². The van der Waals surface area contributed by atoms with Crippen LogP contribution in [0.5, 0.6) is 6.01 Å². The number of nitrogens with two attached hydrogens (primary N) is 2. The summed E-state index contributed by atoms with van der Waals surface area (Å²) in [6, 6.07) is 0.744. The molecule has 0 aromatic carbocycles. The molecular formula is C22H22N16O5. The molecule has 8 N–H and O–H groups in total. The number of carbonyl (C=O) groups is 2. The Balaban J connectivity index is 1.48. The normalized spacial score (nSPS) is 11.6. The van der Waals surface area contributed by atoms with Crippen molar-refractivity contribution in [3.63, 3.8) is 0 Å². The van der Waals surface area contributed by atoms with E-state index in [2.05, 4.69) is 65.8 Å². The molecule has 0 atom stereocenters. The average Bonchev–Trinajstić information content (AvgIpc) is 3.77. The molecule has 0 amide bonds. The van der Waals surface area contributed by atoms with E-state index in [0.717, 1.165) is 0 Å². The van der Waals surface area contributed by atoms with Gasteiger partial charge in [0.25, 0.3) is 0 Å². The Hall–Kier alpha value is -6.38. The molecule has 5 aromatic rings. The van der Waals surface area contributed by atoms with Crippen molar-refractivity contribution < 1.29 is 24.5 Å². The zero-order valence-electron chi connectivity index (χ0n) is 22.6. The third-order valence-corrected chi connectivity index (χ3v) is 5.84. The van der Waals surface area contributed by atoms with E-state index in [1.807, 2.05) is 0 Å². The molecule has 0 unspecified atom stereocenters. The maximum Gasteiger partial charge on any atom is 0.343 e. The van der Waals surface area contributed by atoms with Crippen molar-refractivity contribution in [2.75, 3.05) is 25.2 Å². The summed E-state index contributed by atoms with van der Waals surface area (Å²) < 4.78 is 7.06. The van der Waals surface area contributed by atoms with E-state index in [4.69, 9.17) is 16.6 Å². The van der Waals surface area contributed by atoms with Crippen molar-refractivity contribution in [2.45, 2.75) is 13.8 Å². The number of nitrogens with one attached hydrogen (secondary N) is 2. The highest BCUT2D eigenvalue weighted by atomic mass is 16.5. The molecule has 21 heteroatoms. The van der Waals surface area contributed by atoms with Crippen LogP contribution in [0.25, 0.3) is 11.6 Å². The maximum absolute atomic E-state index is 11.9. The zero-order chi connectivity index (χ0) is 30.8. The first-order chi connectivity index (χ1) is 20.6. The molecule has 0 spiro atoms. The van der Waals surface area contributed by atoms with Gasteiger partial charge in [-0.2, -0.15) is 39.7 Å². The minimum absolute atomic E-state index is 0.00340. The van der Waals surface area contributed by atoms with Gasteiger partial charge in [-0.05, 0) is 13.8 Å². The molecule has 0 fully saturated rings. The summed E-state index contributed by atoms with van der Waals surface area (Å²) in [4.78, 5) is 31.7. The Labute approximate surface area is 239 Å². The Kier molecular flexibility index (Phi) is 7.36. The number of rotatable bonds is 9. The number of aryl methyl sites for hydroxylation is 2. The lowest BCUT2D eigenvalue weighted by Gasteiger charge is -2.07. The number of carbonyl (C=O) groups excluding carboxylic acids is 2. The number of aromatic hydroxyl groups is 1. The summed E-state index contributed by atoms with van der Waals surface area (Å²) in [5.74, 6) is -1.17. The van der Waals surface area contributed by atoms with Crippen molar-refractivity contribution in [2.24, 2.45) is 20.5 Å². The lowest BCUT2D eigenvalue weighted by molar-refractivity contribution is 0.0601. The fourth-order valence-corrected chi connectivity index (χ4v) is 3.76. The van der Waals surface area contributed by atoms with Crippen LogP contribution in [0.2, 0.25) is 0 Å². The van der Waals surface area contributed by atoms with E-state index in [0.29, 0.717) is 11.4 Å². The number of Topliss-reactive ketones (excluding diaryl/α,β-unsaturated/α-hetero) is 1. The molecular weight excluding hydrogens is 568 g/mol. The number of aliphatic hydroxyl groups excluding tert-OH is 1. The second kappa shape index (κ2) is 11.2. The van der Waals surface area contributed by atoms with Crippen molar-refractivity contribution in [3.8, 4) is 17.6 Å². The smallest absolute Gasteiger partial charge is 0.343 e. The Bertz CT molecular complexity index is 1780. The Morgan fingerprint density at radius 2 is 1.37 bits per heavy atom. The maximum atomic E-state index is 11.9. The standard InChI is InChI=1S/C22H22N16O5/c1-8-15(29-33-19-10(5-25-31-19)12(40)7-39)17(23)37(35-8)13-4-14(28-22(42)27-13)38-18(24)16(9(2)36-38)30-34-20-11(6-26-32-20)21(41)43-3/h4-6,39H,7,23-24H2,1-3H3,(H,25,31)(H,26,32)(H,27,28,42)/b33-29+,34-30+. The Morgan fingerprint density at radius 1 is 0.884 bits per heavy atom. The van der Waals surface area contributed by atoms with E-state index in [1.165, 1.54) is 34.9 Å². The van der Waals surface area contributed by atoms with Gasteiger partial charge in [0.05, 0.1) is 36.5 Å². The van der Waals surface area contributed by atoms with Gasteiger partial charge in [-0.25, -0.2) is 4.79 Å². The molecule has 43 heavy (non-hydrogen) atoms. The van der Waals surface area contributed by atoms with Crippen LogP contribution in [0.3, 0.4) is 0 Å². The van der Waals surface area contributed by atoms with E-state index >= 15 is 0 Å². The molecule has 0 saturated heterocycles. The number of azo groups is 2. The first-order valence-corrected chi connectivity index (χ1v) is 12.0. The topological polar surface area (TPSA) is 304 Å². The number of methoxy groups -OCH3 is 1. The third kappa shape index (κ3) is 5.24. The SMILES string of the molecule is COC(=O)c1cn[nH]c1/N=N/c1c(C)nn(-c2cc(-n3nc(C)c(/N=N/c4[nH]ncc4C(=O)CO)c3N)nc(O)n2)c1N. The summed E-state index contributed by atoms with van der Waals surface area (Å²) in [6.07, 6.45) is 2.46. The van der Waals surface area contributed by atoms with Gasteiger partial charge in [-0.15, -0.1) is 20.5 Å². The second-order valence-electron chi connectivity index (χ2n) is 8.58. The van der Waals surface area contributed by atoms with Gasteiger partial charge in [0.15, 0.2) is 52.1 Å². The second-order valence-corrected chi connectivity index (χ2v) is 8.58. The van der Waals surface area contributed by atoms with Gasteiger partial charge in [-0.3, -0.25) is 15.0 Å². The van der Waals surface area contributed by atoms with Crippen molar-refractivity contribution >= 4 is 46.4 Å². The van der Waals surface area contributed by atoms with Crippen molar-refractivity contribution in [3.05, 3.63) is 41.0 Å². The van der Waals surface area contributed by atoms with E-state index < -0.39 is 24.4 Å². The summed E-state index contributed by atoms with van der Waals surface area (Å²) in [5, 5.41) is 56.8. The van der Waals surface area contributed by atoms with Gasteiger partial charge >= 0.3 is 12.0 Å². The predicted octanol–water partition coefficient (Wildman–Crippen LogP) is 1.57. The number of anilines is 2. The number of nitrogens with zero attached hydrogens (tertiary/aromatic N) is 12. The Morgan fingerprint density at radius 3 is 1.86 bits per heavy atom. The van der Waals surface area contributed by atoms with Crippen LogP contribution < -0.4 is 11.5 Å². The molecule has 220 valence electrons. The average molecular weight is 591 g/mol. The lowest BCUT2D eigenvalue weighted by Crippen LogP contribution is -2.09. The number of ether oxygens (including phenoxy) is 1. The molecule has 0 aliphatic heterocycles. The number of ketones is 1. The highest BCUT2D eigenvalue weighted by molar-refractivity contribution is 6.00. The number of H-pyrrole nitrogens is 2. The highest BCUT2D eigenvalue weighted by Crippen LogP contribution is 2.33. The fraction of sp³-hybridized carbons (Fsp3) is 0.182. The number of esters is 1. The first kappa shape index (κ1) is 28.2. The zero-order valence-corrected chi connectivity index (χ0v) is 22.6. The number of aliphatic hydroxyl groups is 1. The summed E-state index contributed by atoms with van der Waals surface area (Å²) in [6.45, 7) is 2.49. The first-order valence-electron chi connectivity index (χ1n) is 12.0. The predicted molar refractivity (Wildman–Crippen MR) is 145 cm³/mol. The van der Waals surface area contributed by atoms with E-state index in [9.17, 15) is 14.7 Å². The van der Waals surface area contributed by atoms with Crippen LogP contribution in [0.1, 0.15) is 32.1 Å². The number of hydrogen-bond donors (Lipinski definition) is 6. The van der Waals surface area contributed by atoms with Crippen LogP contribution in [0, 0.1) is 13.8 Å². The minimum Gasteiger partial charge on any atom is -0.479 e. The van der Waals surface area contributed by atoms with Gasteiger partial charge in [0.2, 0.25) is 0 Å². The van der Waals surface area contributed by atoms with Crippen LogP contribution in [0.15, 0.2) is 38.9 Å². The minimum atomic E-state index is -0.730. The van der Waals surface area contributed by atoms with Crippen molar-refractivity contribution in [1.82, 2.24) is 49.9 Å². The lowest BCUT2D eigenvalue weighted by atomic mass is 10.2. The summed E-state index contributed by atoms with van der Waals surface area (Å²) >= 11 is 0. The molecule has 0 bridgehead atoms.